The number of rotatable bonds is 6. The highest BCUT2D eigenvalue weighted by Gasteiger charge is 2.21. The highest BCUT2D eigenvalue weighted by Crippen LogP contribution is 2.30. The number of fused-ring (bicyclic) bond motifs is 1. The second kappa shape index (κ2) is 9.38. The van der Waals surface area contributed by atoms with Gasteiger partial charge in [0.2, 0.25) is 0 Å². The van der Waals surface area contributed by atoms with Gasteiger partial charge < -0.3 is 14.8 Å². The second-order valence-electron chi connectivity index (χ2n) is 9.48. The van der Waals surface area contributed by atoms with E-state index in [0.29, 0.717) is 6.04 Å². The zero-order valence-corrected chi connectivity index (χ0v) is 18.9. The molecule has 4 heteroatoms. The molecule has 4 rings (SSSR count). The van der Waals surface area contributed by atoms with Crippen LogP contribution in [0.1, 0.15) is 73.3 Å². The van der Waals surface area contributed by atoms with Crippen LogP contribution in [0.4, 0.5) is 0 Å². The summed E-state index contributed by atoms with van der Waals surface area (Å²) in [6.45, 7) is 9.88. The predicted octanol–water partition coefficient (Wildman–Crippen LogP) is 4.90. The molecule has 1 fully saturated rings. The van der Waals surface area contributed by atoms with Gasteiger partial charge in [-0.3, -0.25) is 4.79 Å². The van der Waals surface area contributed by atoms with Gasteiger partial charge in [-0.1, -0.05) is 13.3 Å². The van der Waals surface area contributed by atoms with Crippen LogP contribution in [0.5, 0.6) is 0 Å². The molecule has 1 aliphatic heterocycles. The van der Waals surface area contributed by atoms with Gasteiger partial charge in [-0.2, -0.15) is 0 Å². The normalized spacial score (nSPS) is 22.0. The van der Waals surface area contributed by atoms with Crippen LogP contribution in [-0.4, -0.2) is 41.1 Å². The van der Waals surface area contributed by atoms with Crippen molar-refractivity contribution in [2.45, 2.75) is 71.8 Å². The van der Waals surface area contributed by atoms with Crippen molar-refractivity contribution < 1.29 is 4.79 Å². The maximum atomic E-state index is 12.6. The molecule has 1 aromatic heterocycles. The van der Waals surface area contributed by atoms with Gasteiger partial charge in [-0.15, -0.1) is 0 Å². The van der Waals surface area contributed by atoms with E-state index < -0.39 is 0 Å². The summed E-state index contributed by atoms with van der Waals surface area (Å²) in [4.78, 5) is 15.1. The Hall–Kier alpha value is -2.07. The van der Waals surface area contributed by atoms with Gasteiger partial charge in [-0.05, 0) is 101 Å². The third kappa shape index (κ3) is 4.64. The number of nitrogens with one attached hydrogen (secondary N) is 1. The maximum Gasteiger partial charge on any atom is 0.251 e. The van der Waals surface area contributed by atoms with Crippen molar-refractivity contribution in [2.75, 3.05) is 19.6 Å². The van der Waals surface area contributed by atoms with Crippen LogP contribution in [0.2, 0.25) is 0 Å². The Kier molecular flexibility index (Phi) is 6.62. The summed E-state index contributed by atoms with van der Waals surface area (Å²) < 4.78 is 2.38. The van der Waals surface area contributed by atoms with Gasteiger partial charge in [0.15, 0.2) is 0 Å². The largest absolute Gasteiger partial charge is 0.352 e. The van der Waals surface area contributed by atoms with Crippen LogP contribution < -0.4 is 5.32 Å². The monoisotopic (exact) mass is 407 g/mol. The fourth-order valence-corrected chi connectivity index (χ4v) is 5.26. The number of likely N-dealkylation sites (tertiary alicyclic amines) is 1. The zero-order valence-electron chi connectivity index (χ0n) is 18.9. The van der Waals surface area contributed by atoms with Crippen molar-refractivity contribution >= 4 is 5.91 Å². The quantitative estimate of drug-likeness (QED) is 0.691. The molecular weight excluding hydrogens is 370 g/mol. The molecule has 0 unspecified atom stereocenters. The van der Waals surface area contributed by atoms with E-state index in [4.69, 9.17) is 0 Å². The number of hydrogen-bond acceptors (Lipinski definition) is 2. The van der Waals surface area contributed by atoms with Crippen molar-refractivity contribution in [1.82, 2.24) is 14.8 Å². The lowest BCUT2D eigenvalue weighted by molar-refractivity contribution is 0.0949. The van der Waals surface area contributed by atoms with Crippen molar-refractivity contribution in [3.8, 4) is 5.69 Å². The molecular formula is C26H37N3O. The number of amides is 1. The van der Waals surface area contributed by atoms with Crippen molar-refractivity contribution in [2.24, 2.45) is 5.92 Å². The third-order valence-corrected chi connectivity index (χ3v) is 7.05. The topological polar surface area (TPSA) is 37.3 Å². The molecule has 1 aliphatic carbocycles. The van der Waals surface area contributed by atoms with E-state index in [1.807, 2.05) is 12.1 Å². The number of carbonyl (C=O) groups excluding carboxylic acids is 1. The highest BCUT2D eigenvalue weighted by molar-refractivity contribution is 5.94. The van der Waals surface area contributed by atoms with E-state index in [1.165, 1.54) is 61.3 Å². The molecule has 162 valence electrons. The smallest absolute Gasteiger partial charge is 0.251 e. The Morgan fingerprint density at radius 1 is 1.13 bits per heavy atom. The van der Waals surface area contributed by atoms with E-state index in [1.54, 1.807) is 0 Å². The van der Waals surface area contributed by atoms with E-state index in [-0.39, 0.29) is 5.91 Å². The lowest BCUT2D eigenvalue weighted by Gasteiger charge is -2.33. The fourth-order valence-electron chi connectivity index (χ4n) is 5.26. The van der Waals surface area contributed by atoms with Crippen LogP contribution >= 0.6 is 0 Å². The fraction of sp³-hybridized carbons (Fsp3) is 0.577. The molecule has 1 aromatic carbocycles. The Balaban J connectivity index is 1.33. The Bertz CT molecular complexity index is 867. The number of piperidine rings is 1. The minimum absolute atomic E-state index is 0.0355. The van der Waals surface area contributed by atoms with Gasteiger partial charge in [0.1, 0.15) is 0 Å². The van der Waals surface area contributed by atoms with E-state index >= 15 is 0 Å². The van der Waals surface area contributed by atoms with Gasteiger partial charge in [-0.25, -0.2) is 0 Å². The molecule has 1 amide bonds. The minimum Gasteiger partial charge on any atom is -0.352 e. The number of aryl methyl sites for hydroxylation is 1. The second-order valence-corrected chi connectivity index (χ2v) is 9.48. The van der Waals surface area contributed by atoms with Gasteiger partial charge >= 0.3 is 0 Å². The molecule has 1 N–H and O–H groups in total. The average molecular weight is 408 g/mol. The summed E-state index contributed by atoms with van der Waals surface area (Å²) in [7, 11) is 0. The Labute approximate surface area is 181 Å². The summed E-state index contributed by atoms with van der Waals surface area (Å²) in [6, 6.07) is 11.1. The molecule has 0 bridgehead atoms. The Morgan fingerprint density at radius 2 is 1.93 bits per heavy atom. The third-order valence-electron chi connectivity index (χ3n) is 7.05. The summed E-state index contributed by atoms with van der Waals surface area (Å²) in [5.74, 6) is 0.810. The van der Waals surface area contributed by atoms with Crippen molar-refractivity contribution in [3.63, 3.8) is 0 Å². The lowest BCUT2D eigenvalue weighted by atomic mass is 9.89. The molecule has 30 heavy (non-hydrogen) atoms. The standard InChI is InChI=1S/C26H37N3O/c1-19-8-13-25-23(17-19)18-21(3)29(25)24-11-9-22(10-12-24)26(30)27-14-6-16-28-15-5-4-7-20(28)2/h9-12,18-20H,4-8,13-17H2,1-3H3,(H,27,30)/t19-,20+/m0/s1. The predicted molar refractivity (Wildman–Crippen MR) is 124 cm³/mol. The molecule has 4 nitrogen and oxygen atoms in total. The number of nitrogens with zero attached hydrogens (tertiary/aromatic N) is 2. The SMILES string of the molecule is Cc1cc2c(n1-c1ccc(C(=O)NCCCN3CCCC[C@H]3C)cc1)CC[C@H](C)C2. The average Bonchev–Trinajstić information content (AvgIpc) is 3.07. The van der Waals surface area contributed by atoms with E-state index in [2.05, 4.69) is 53.8 Å². The summed E-state index contributed by atoms with van der Waals surface area (Å²) in [5, 5.41) is 3.10. The molecule has 2 aromatic rings. The van der Waals surface area contributed by atoms with Crippen LogP contribution in [0.15, 0.2) is 30.3 Å². The maximum absolute atomic E-state index is 12.6. The Morgan fingerprint density at radius 3 is 2.70 bits per heavy atom. The molecule has 2 atom stereocenters. The minimum atomic E-state index is 0.0355. The van der Waals surface area contributed by atoms with Crippen LogP contribution in [0.25, 0.3) is 5.69 Å². The molecule has 2 aliphatic rings. The molecule has 1 saturated heterocycles. The van der Waals surface area contributed by atoms with Crippen LogP contribution in [0.3, 0.4) is 0 Å². The van der Waals surface area contributed by atoms with Crippen LogP contribution in [0, 0.1) is 12.8 Å². The molecule has 2 heterocycles. The van der Waals surface area contributed by atoms with E-state index in [0.717, 1.165) is 37.4 Å². The highest BCUT2D eigenvalue weighted by atomic mass is 16.1. The lowest BCUT2D eigenvalue weighted by Crippen LogP contribution is -2.39. The molecule has 0 spiro atoms. The molecule has 0 saturated carbocycles. The summed E-state index contributed by atoms with van der Waals surface area (Å²) in [5.41, 5.74) is 6.15. The first-order valence-electron chi connectivity index (χ1n) is 11.9. The number of aromatic nitrogens is 1. The van der Waals surface area contributed by atoms with Gasteiger partial charge in [0.25, 0.3) is 5.91 Å². The number of carbonyl (C=O) groups is 1. The first-order valence-corrected chi connectivity index (χ1v) is 11.9. The zero-order chi connectivity index (χ0) is 21.1. The summed E-state index contributed by atoms with van der Waals surface area (Å²) >= 11 is 0. The van der Waals surface area contributed by atoms with E-state index in [9.17, 15) is 4.79 Å². The number of benzene rings is 1. The first-order chi connectivity index (χ1) is 14.5. The summed E-state index contributed by atoms with van der Waals surface area (Å²) in [6.07, 6.45) is 8.57. The number of hydrogen-bond donors (Lipinski definition) is 1. The molecule has 0 radical (unpaired) electrons. The van der Waals surface area contributed by atoms with Gasteiger partial charge in [0.05, 0.1) is 0 Å². The van der Waals surface area contributed by atoms with Crippen LogP contribution in [-0.2, 0) is 12.8 Å². The van der Waals surface area contributed by atoms with Gasteiger partial charge in [0, 0.05) is 41.8 Å². The van der Waals surface area contributed by atoms with Crippen molar-refractivity contribution in [3.05, 3.63) is 52.8 Å². The first kappa shape index (κ1) is 21.2. The van der Waals surface area contributed by atoms with Crippen molar-refractivity contribution in [1.29, 1.82) is 0 Å².